The van der Waals surface area contributed by atoms with Gasteiger partial charge in [-0.05, 0) is 25.0 Å². The number of hydrogen-bond acceptors (Lipinski definition) is 4. The molecule has 0 aromatic heterocycles. The molecular weight excluding hydrogens is 363 g/mol. The number of carbonyl (C=O) groups excluding carboxylic acids is 2. The van der Waals surface area contributed by atoms with Gasteiger partial charge in [-0.2, -0.15) is 0 Å². The molecule has 0 saturated heterocycles. The van der Waals surface area contributed by atoms with Gasteiger partial charge in [0.15, 0.2) is 5.75 Å². The van der Waals surface area contributed by atoms with Gasteiger partial charge in [0.05, 0.1) is 11.6 Å². The van der Waals surface area contributed by atoms with E-state index in [1.165, 1.54) is 25.7 Å². The fourth-order valence-corrected chi connectivity index (χ4v) is 2.58. The van der Waals surface area contributed by atoms with Gasteiger partial charge in [0.1, 0.15) is 5.02 Å². The van der Waals surface area contributed by atoms with Gasteiger partial charge in [-0.15, -0.1) is 0 Å². The van der Waals surface area contributed by atoms with Crippen LogP contribution in [0.25, 0.3) is 0 Å². The molecule has 0 unspecified atom stereocenters. The van der Waals surface area contributed by atoms with Crippen LogP contribution in [0.3, 0.4) is 0 Å². The maximum absolute atomic E-state index is 11.8. The average molecular weight is 389 g/mol. The minimum absolute atomic E-state index is 0.120. The third kappa shape index (κ3) is 9.71. The highest BCUT2D eigenvalue weighted by Gasteiger charge is 2.11. The van der Waals surface area contributed by atoms with Crippen LogP contribution < -0.4 is 4.74 Å². The van der Waals surface area contributed by atoms with Crippen LogP contribution in [0, 0.1) is 0 Å². The Morgan fingerprint density at radius 1 is 0.920 bits per heavy atom. The summed E-state index contributed by atoms with van der Waals surface area (Å²) < 4.78 is 10.3. The lowest BCUT2D eigenvalue weighted by Gasteiger charge is -2.07. The van der Waals surface area contributed by atoms with Crippen LogP contribution in [0.2, 0.25) is 10.0 Å². The van der Waals surface area contributed by atoms with Crippen molar-refractivity contribution >= 4 is 35.1 Å². The summed E-state index contributed by atoms with van der Waals surface area (Å²) in [6, 6.07) is 4.83. The Bertz CT molecular complexity index is 546. The van der Waals surface area contributed by atoms with Crippen molar-refractivity contribution in [2.45, 2.75) is 64.7 Å². The molecule has 0 aliphatic heterocycles. The van der Waals surface area contributed by atoms with Gasteiger partial charge >= 0.3 is 11.9 Å². The lowest BCUT2D eigenvalue weighted by atomic mass is 10.1. The van der Waals surface area contributed by atoms with Crippen molar-refractivity contribution in [1.82, 2.24) is 0 Å². The molecule has 0 bridgehead atoms. The summed E-state index contributed by atoms with van der Waals surface area (Å²) in [7, 11) is 0. The Labute approximate surface area is 159 Å². The normalized spacial score (nSPS) is 10.5. The van der Waals surface area contributed by atoms with Crippen molar-refractivity contribution in [3.63, 3.8) is 0 Å². The van der Waals surface area contributed by atoms with E-state index in [2.05, 4.69) is 6.92 Å². The molecule has 25 heavy (non-hydrogen) atoms. The highest BCUT2D eigenvalue weighted by molar-refractivity contribution is 6.43. The molecule has 1 aromatic carbocycles. The van der Waals surface area contributed by atoms with E-state index in [9.17, 15) is 9.59 Å². The van der Waals surface area contributed by atoms with E-state index in [-0.39, 0.29) is 29.6 Å². The quantitative estimate of drug-likeness (QED) is 0.251. The molecule has 0 aliphatic carbocycles. The van der Waals surface area contributed by atoms with Gasteiger partial charge in [-0.25, -0.2) is 0 Å². The fourth-order valence-electron chi connectivity index (χ4n) is 2.25. The van der Waals surface area contributed by atoms with E-state index in [4.69, 9.17) is 32.7 Å². The zero-order chi connectivity index (χ0) is 18.5. The maximum Gasteiger partial charge on any atom is 0.311 e. The second kappa shape index (κ2) is 13.0. The van der Waals surface area contributed by atoms with Gasteiger partial charge in [0.2, 0.25) is 0 Å². The molecular formula is C19H26Cl2O4. The largest absolute Gasteiger partial charge is 0.466 e. The SMILES string of the molecule is CCCCCCCCOC(=O)CCCC(=O)Oc1cccc(Cl)c1Cl. The first-order chi connectivity index (χ1) is 12.0. The van der Waals surface area contributed by atoms with Crippen molar-refractivity contribution in [2.75, 3.05) is 6.61 Å². The first kappa shape index (κ1) is 21.8. The number of hydrogen-bond donors (Lipinski definition) is 0. The van der Waals surface area contributed by atoms with Gasteiger partial charge in [0.25, 0.3) is 0 Å². The molecule has 0 saturated carbocycles. The summed E-state index contributed by atoms with van der Waals surface area (Å²) >= 11 is 11.8. The number of halogens is 2. The van der Waals surface area contributed by atoms with Crippen LogP contribution in [-0.2, 0) is 14.3 Å². The lowest BCUT2D eigenvalue weighted by molar-refractivity contribution is -0.144. The molecule has 140 valence electrons. The summed E-state index contributed by atoms with van der Waals surface area (Å²) in [4.78, 5) is 23.4. The lowest BCUT2D eigenvalue weighted by Crippen LogP contribution is -2.10. The summed E-state index contributed by atoms with van der Waals surface area (Å²) in [5.41, 5.74) is 0. The van der Waals surface area contributed by atoms with Gasteiger partial charge in [-0.3, -0.25) is 9.59 Å². The zero-order valence-corrected chi connectivity index (χ0v) is 16.2. The highest BCUT2D eigenvalue weighted by Crippen LogP contribution is 2.31. The van der Waals surface area contributed by atoms with E-state index >= 15 is 0 Å². The predicted octanol–water partition coefficient (Wildman–Crippen LogP) is 5.97. The van der Waals surface area contributed by atoms with Gasteiger partial charge in [-0.1, -0.05) is 68.3 Å². The second-order valence-electron chi connectivity index (χ2n) is 5.87. The number of ether oxygens (including phenoxy) is 2. The first-order valence-electron chi connectivity index (χ1n) is 8.85. The molecule has 0 aliphatic rings. The molecule has 0 heterocycles. The van der Waals surface area contributed by atoms with Crippen LogP contribution in [0.15, 0.2) is 18.2 Å². The fraction of sp³-hybridized carbons (Fsp3) is 0.579. The number of benzene rings is 1. The first-order valence-corrected chi connectivity index (χ1v) is 9.60. The van der Waals surface area contributed by atoms with E-state index in [1.54, 1.807) is 18.2 Å². The third-order valence-electron chi connectivity index (χ3n) is 3.66. The number of carbonyl (C=O) groups is 2. The van der Waals surface area contributed by atoms with Crippen molar-refractivity contribution in [2.24, 2.45) is 0 Å². The van der Waals surface area contributed by atoms with Crippen LogP contribution in [0.5, 0.6) is 5.75 Å². The number of unbranched alkanes of at least 4 members (excludes halogenated alkanes) is 5. The number of esters is 2. The monoisotopic (exact) mass is 388 g/mol. The van der Waals surface area contributed by atoms with Crippen LogP contribution in [0.1, 0.15) is 64.7 Å². The van der Waals surface area contributed by atoms with Crippen molar-refractivity contribution in [1.29, 1.82) is 0 Å². The van der Waals surface area contributed by atoms with E-state index in [0.717, 1.165) is 12.8 Å². The van der Waals surface area contributed by atoms with Crippen LogP contribution in [-0.4, -0.2) is 18.5 Å². The highest BCUT2D eigenvalue weighted by atomic mass is 35.5. The molecule has 4 nitrogen and oxygen atoms in total. The van der Waals surface area contributed by atoms with Gasteiger partial charge < -0.3 is 9.47 Å². The van der Waals surface area contributed by atoms with E-state index in [0.29, 0.717) is 18.1 Å². The number of rotatable bonds is 12. The van der Waals surface area contributed by atoms with Gasteiger partial charge in [0, 0.05) is 12.8 Å². The molecule has 0 amide bonds. The molecule has 0 N–H and O–H groups in total. The predicted molar refractivity (Wildman–Crippen MR) is 100 cm³/mol. The average Bonchev–Trinajstić information content (AvgIpc) is 2.58. The maximum atomic E-state index is 11.8. The minimum Gasteiger partial charge on any atom is -0.466 e. The zero-order valence-electron chi connectivity index (χ0n) is 14.7. The Balaban J connectivity index is 2.10. The molecule has 6 heteroatoms. The topological polar surface area (TPSA) is 52.6 Å². The Hall–Kier alpha value is -1.26. The Morgan fingerprint density at radius 2 is 1.60 bits per heavy atom. The third-order valence-corrected chi connectivity index (χ3v) is 4.46. The summed E-state index contributed by atoms with van der Waals surface area (Å²) in [6.07, 6.45) is 7.59. The molecule has 1 rings (SSSR count). The van der Waals surface area contributed by atoms with Crippen LogP contribution in [0.4, 0.5) is 0 Å². The Morgan fingerprint density at radius 3 is 2.36 bits per heavy atom. The molecule has 0 radical (unpaired) electrons. The minimum atomic E-state index is -0.451. The summed E-state index contributed by atoms with van der Waals surface area (Å²) in [5, 5.41) is 0.529. The summed E-state index contributed by atoms with van der Waals surface area (Å²) in [5.74, 6) is -0.500. The van der Waals surface area contributed by atoms with Crippen molar-refractivity contribution in [3.8, 4) is 5.75 Å². The van der Waals surface area contributed by atoms with Crippen molar-refractivity contribution < 1.29 is 19.1 Å². The van der Waals surface area contributed by atoms with E-state index in [1.807, 2.05) is 0 Å². The Kier molecular flexibility index (Phi) is 11.3. The van der Waals surface area contributed by atoms with E-state index < -0.39 is 5.97 Å². The van der Waals surface area contributed by atoms with Crippen molar-refractivity contribution in [3.05, 3.63) is 28.2 Å². The van der Waals surface area contributed by atoms with Crippen LogP contribution >= 0.6 is 23.2 Å². The molecule has 0 spiro atoms. The molecule has 0 atom stereocenters. The second-order valence-corrected chi connectivity index (χ2v) is 6.65. The standard InChI is InChI=1S/C19H26Cl2O4/c1-2-3-4-5-6-7-14-24-17(22)12-9-13-18(23)25-16-11-8-10-15(20)19(16)21/h8,10-11H,2-7,9,12-14H2,1H3. The summed E-state index contributed by atoms with van der Waals surface area (Å²) in [6.45, 7) is 2.63. The molecule has 1 aromatic rings. The molecule has 0 fully saturated rings. The smallest absolute Gasteiger partial charge is 0.311 e.